The van der Waals surface area contributed by atoms with E-state index in [1.807, 2.05) is 0 Å². The number of nitrogens with zero attached hydrogens (tertiary/aromatic N) is 4. The van der Waals surface area contributed by atoms with Crippen LogP contribution < -0.4 is 5.32 Å². The highest BCUT2D eigenvalue weighted by molar-refractivity contribution is 5.86. The molecule has 35 heavy (non-hydrogen) atoms. The lowest BCUT2D eigenvalue weighted by Crippen LogP contribution is -2.47. The van der Waals surface area contributed by atoms with Crippen LogP contribution in [-0.2, 0) is 22.3 Å². The number of carbonyl (C=O) groups excluding carboxylic acids is 2. The van der Waals surface area contributed by atoms with Gasteiger partial charge in [0.25, 0.3) is 0 Å². The predicted octanol–water partition coefficient (Wildman–Crippen LogP) is 3.74. The minimum absolute atomic E-state index is 0.0121. The summed E-state index contributed by atoms with van der Waals surface area (Å²) < 4.78 is 45.4. The van der Waals surface area contributed by atoms with Gasteiger partial charge in [-0.15, -0.1) is 5.10 Å². The van der Waals surface area contributed by atoms with E-state index in [0.29, 0.717) is 18.5 Å². The second kappa shape index (κ2) is 10.8. The van der Waals surface area contributed by atoms with E-state index in [4.69, 9.17) is 4.74 Å². The first kappa shape index (κ1) is 25.2. The molecule has 2 aliphatic rings. The molecule has 0 radical (unpaired) electrons. The lowest BCUT2D eigenvalue weighted by Gasteiger charge is -2.31. The molecule has 1 aromatic carbocycles. The third kappa shape index (κ3) is 6.01. The Bertz CT molecular complexity index is 1030. The summed E-state index contributed by atoms with van der Waals surface area (Å²) in [6.07, 6.45) is 4.09. The number of esters is 1. The van der Waals surface area contributed by atoms with Gasteiger partial charge in [0.05, 0.1) is 31.0 Å². The van der Waals surface area contributed by atoms with Crippen molar-refractivity contribution in [3.05, 3.63) is 47.3 Å². The Balaban J connectivity index is 1.49. The van der Waals surface area contributed by atoms with Crippen LogP contribution in [0.4, 0.5) is 13.2 Å². The van der Waals surface area contributed by atoms with Crippen LogP contribution in [0.2, 0.25) is 0 Å². The predicted molar refractivity (Wildman–Crippen MR) is 120 cm³/mol. The summed E-state index contributed by atoms with van der Waals surface area (Å²) in [5.74, 6) is -0.798. The van der Waals surface area contributed by atoms with Crippen molar-refractivity contribution in [1.82, 2.24) is 25.2 Å². The van der Waals surface area contributed by atoms with Crippen molar-refractivity contribution >= 4 is 11.9 Å². The number of hydrogen-bond acceptors (Lipinski definition) is 6. The number of carbonyl (C=O) groups is 2. The molecular formula is C24H30F3N5O3. The normalized spacial score (nSPS) is 22.1. The summed E-state index contributed by atoms with van der Waals surface area (Å²) >= 11 is 0. The molecular weight excluding hydrogens is 463 g/mol. The highest BCUT2D eigenvalue weighted by Gasteiger charge is 2.41. The van der Waals surface area contributed by atoms with E-state index in [9.17, 15) is 22.8 Å². The lowest BCUT2D eigenvalue weighted by atomic mass is 10.1. The molecule has 4 rings (SSSR count). The summed E-state index contributed by atoms with van der Waals surface area (Å²) in [6.45, 7) is 0.592. The maximum absolute atomic E-state index is 13.3. The zero-order chi connectivity index (χ0) is 25.0. The third-order valence-electron chi connectivity index (χ3n) is 6.91. The van der Waals surface area contributed by atoms with E-state index in [2.05, 4.69) is 20.5 Å². The summed E-state index contributed by atoms with van der Waals surface area (Å²) in [6, 6.07) is 4.63. The van der Waals surface area contributed by atoms with Gasteiger partial charge in [-0.25, -0.2) is 9.48 Å². The van der Waals surface area contributed by atoms with Crippen molar-refractivity contribution in [2.75, 3.05) is 13.7 Å². The molecule has 190 valence electrons. The Morgan fingerprint density at radius 3 is 2.57 bits per heavy atom. The minimum atomic E-state index is -4.43. The van der Waals surface area contributed by atoms with Gasteiger partial charge in [-0.2, -0.15) is 13.2 Å². The molecule has 2 atom stereocenters. The topological polar surface area (TPSA) is 89.4 Å². The van der Waals surface area contributed by atoms with E-state index in [1.165, 1.54) is 32.2 Å². The average Bonchev–Trinajstić information content (AvgIpc) is 3.43. The molecule has 1 saturated carbocycles. The van der Waals surface area contributed by atoms with Crippen LogP contribution in [-0.4, -0.2) is 57.5 Å². The molecule has 11 heteroatoms. The molecule has 1 saturated heterocycles. The second-order valence-corrected chi connectivity index (χ2v) is 9.24. The van der Waals surface area contributed by atoms with Gasteiger partial charge in [0.2, 0.25) is 5.91 Å². The fourth-order valence-electron chi connectivity index (χ4n) is 5.10. The number of likely N-dealkylation sites (tertiary alicyclic amines) is 1. The summed E-state index contributed by atoms with van der Waals surface area (Å²) in [7, 11) is 1.27. The van der Waals surface area contributed by atoms with Crippen molar-refractivity contribution in [1.29, 1.82) is 0 Å². The van der Waals surface area contributed by atoms with Crippen molar-refractivity contribution in [2.45, 2.75) is 75.8 Å². The van der Waals surface area contributed by atoms with Crippen LogP contribution in [0.25, 0.3) is 0 Å². The summed E-state index contributed by atoms with van der Waals surface area (Å²) in [5.41, 5.74) is -0.244. The monoisotopic (exact) mass is 493 g/mol. The highest BCUT2D eigenvalue weighted by atomic mass is 19.4. The molecule has 2 aromatic rings. The van der Waals surface area contributed by atoms with Gasteiger partial charge in [-0.1, -0.05) is 43.0 Å². The molecule has 0 unspecified atom stereocenters. The van der Waals surface area contributed by atoms with Gasteiger partial charge in [0.15, 0.2) is 5.69 Å². The average molecular weight is 494 g/mol. The maximum Gasteiger partial charge on any atom is 0.416 e. The van der Waals surface area contributed by atoms with Gasteiger partial charge in [0, 0.05) is 19.1 Å². The first-order chi connectivity index (χ1) is 16.8. The summed E-state index contributed by atoms with van der Waals surface area (Å²) in [5, 5.41) is 10.8. The fourth-order valence-corrected chi connectivity index (χ4v) is 5.10. The van der Waals surface area contributed by atoms with Crippen molar-refractivity contribution in [3.63, 3.8) is 0 Å². The maximum atomic E-state index is 13.3. The van der Waals surface area contributed by atoms with Gasteiger partial charge >= 0.3 is 12.1 Å². The molecule has 2 heterocycles. The van der Waals surface area contributed by atoms with Crippen molar-refractivity contribution < 1.29 is 27.5 Å². The number of alkyl halides is 3. The standard InChI is InChI=1S/C24H30F3N5O3/c1-35-23(34)20-15-32(30-29-20)19-12-21(31(14-19)18-9-4-2-3-5-10-18)22(33)28-13-16-7-6-8-17(11-16)24(25,26)27/h6-8,11,15,18-19,21H,2-5,9-10,12-14H2,1H3,(H,28,33)/t19-,21+/m1/s1. The zero-order valence-corrected chi connectivity index (χ0v) is 19.6. The number of amides is 1. The first-order valence-electron chi connectivity index (χ1n) is 12.0. The van der Waals surface area contributed by atoms with Gasteiger partial charge in [0.1, 0.15) is 0 Å². The van der Waals surface area contributed by atoms with Crippen LogP contribution in [0.15, 0.2) is 30.5 Å². The Labute approximate surface area is 201 Å². The smallest absolute Gasteiger partial charge is 0.416 e. The number of nitrogens with one attached hydrogen (secondary N) is 1. The number of ether oxygens (including phenoxy) is 1. The van der Waals surface area contributed by atoms with E-state index >= 15 is 0 Å². The largest absolute Gasteiger partial charge is 0.464 e. The van der Waals surface area contributed by atoms with E-state index in [1.54, 1.807) is 10.7 Å². The van der Waals surface area contributed by atoms with Crippen LogP contribution >= 0.6 is 0 Å². The number of hydrogen-bond donors (Lipinski definition) is 1. The molecule has 0 bridgehead atoms. The fraction of sp³-hybridized carbons (Fsp3) is 0.583. The second-order valence-electron chi connectivity index (χ2n) is 9.24. The number of halogens is 3. The molecule has 1 N–H and O–H groups in total. The van der Waals surface area contributed by atoms with E-state index < -0.39 is 23.8 Å². The Hall–Kier alpha value is -2.95. The molecule has 1 amide bonds. The number of rotatable bonds is 6. The quantitative estimate of drug-likeness (QED) is 0.487. The lowest BCUT2D eigenvalue weighted by molar-refractivity contribution is -0.137. The van der Waals surface area contributed by atoms with Crippen LogP contribution in [0.1, 0.15) is 72.6 Å². The molecule has 1 aliphatic carbocycles. The number of methoxy groups -OCH3 is 1. The van der Waals surface area contributed by atoms with Gasteiger partial charge in [-0.3, -0.25) is 9.69 Å². The van der Waals surface area contributed by atoms with Gasteiger partial charge < -0.3 is 10.1 Å². The molecule has 1 aliphatic heterocycles. The molecule has 0 spiro atoms. The SMILES string of the molecule is COC(=O)c1cn([C@@H]2C[C@@H](C(=O)NCc3cccc(C(F)(F)F)c3)N(C3CCCCCC3)C2)nn1. The minimum Gasteiger partial charge on any atom is -0.464 e. The van der Waals surface area contributed by atoms with E-state index in [0.717, 1.165) is 37.8 Å². The van der Waals surface area contributed by atoms with Crippen molar-refractivity contribution in [3.8, 4) is 0 Å². The van der Waals surface area contributed by atoms with Crippen LogP contribution in [0.5, 0.6) is 0 Å². The number of aromatic nitrogens is 3. The first-order valence-corrected chi connectivity index (χ1v) is 12.0. The Kier molecular flexibility index (Phi) is 7.73. The number of benzene rings is 1. The van der Waals surface area contributed by atoms with Gasteiger partial charge in [-0.05, 0) is 37.0 Å². The van der Waals surface area contributed by atoms with Crippen LogP contribution in [0.3, 0.4) is 0 Å². The van der Waals surface area contributed by atoms with Crippen LogP contribution in [0, 0.1) is 0 Å². The summed E-state index contributed by atoms with van der Waals surface area (Å²) in [4.78, 5) is 27.3. The molecule has 2 fully saturated rings. The van der Waals surface area contributed by atoms with E-state index in [-0.39, 0.29) is 30.2 Å². The molecule has 8 nitrogen and oxygen atoms in total. The van der Waals surface area contributed by atoms with Crippen molar-refractivity contribution in [2.24, 2.45) is 0 Å². The highest BCUT2D eigenvalue weighted by Crippen LogP contribution is 2.34. The molecule has 1 aromatic heterocycles. The Morgan fingerprint density at radius 1 is 1.14 bits per heavy atom. The zero-order valence-electron chi connectivity index (χ0n) is 19.6. The Morgan fingerprint density at radius 2 is 1.89 bits per heavy atom. The third-order valence-corrected chi connectivity index (χ3v) is 6.91.